The number of benzene rings is 1. The van der Waals surface area contributed by atoms with Crippen LogP contribution >= 0.6 is 0 Å². The number of nitrogens with two attached hydrogens (primary N) is 1. The van der Waals surface area contributed by atoms with Crippen LogP contribution in [0.4, 0.5) is 5.69 Å². The molecule has 0 saturated heterocycles. The summed E-state index contributed by atoms with van der Waals surface area (Å²) in [4.78, 5) is 23.4. The lowest BCUT2D eigenvalue weighted by molar-refractivity contribution is -0.121. The van der Waals surface area contributed by atoms with Crippen LogP contribution in [0.25, 0.3) is 0 Å². The van der Waals surface area contributed by atoms with Crippen LogP contribution in [0.15, 0.2) is 18.2 Å². The molecule has 6 heteroatoms. The first kappa shape index (κ1) is 13.9. The molecule has 2 aliphatic carbocycles. The van der Waals surface area contributed by atoms with E-state index < -0.39 is 5.97 Å². The first-order valence-corrected chi connectivity index (χ1v) is 7.10. The SMILES string of the molecule is NC1C2CCC(C2)C1C(=O)Nc1ccc(O)c(C(=O)O)c1. The Kier molecular flexibility index (Phi) is 3.33. The smallest absolute Gasteiger partial charge is 0.339 e. The van der Waals surface area contributed by atoms with Crippen LogP contribution in [0.2, 0.25) is 0 Å². The van der Waals surface area contributed by atoms with E-state index in [1.54, 1.807) is 0 Å². The zero-order chi connectivity index (χ0) is 15.1. The molecule has 0 spiro atoms. The second kappa shape index (κ2) is 5.04. The van der Waals surface area contributed by atoms with Gasteiger partial charge in [-0.2, -0.15) is 0 Å². The Balaban J connectivity index is 1.76. The highest BCUT2D eigenvalue weighted by Crippen LogP contribution is 2.47. The van der Waals surface area contributed by atoms with E-state index in [4.69, 9.17) is 10.8 Å². The number of aromatic hydroxyl groups is 1. The second-order valence-corrected chi connectivity index (χ2v) is 5.96. The summed E-state index contributed by atoms with van der Waals surface area (Å²) in [5, 5.41) is 21.2. The van der Waals surface area contributed by atoms with Gasteiger partial charge in [-0.15, -0.1) is 0 Å². The average Bonchev–Trinajstić information content (AvgIpc) is 3.01. The molecule has 21 heavy (non-hydrogen) atoms. The Morgan fingerprint density at radius 1 is 1.24 bits per heavy atom. The zero-order valence-corrected chi connectivity index (χ0v) is 11.5. The van der Waals surface area contributed by atoms with Gasteiger partial charge >= 0.3 is 5.97 Å². The Morgan fingerprint density at radius 3 is 2.57 bits per heavy atom. The average molecular weight is 290 g/mol. The molecule has 0 aromatic heterocycles. The van der Waals surface area contributed by atoms with Crippen LogP contribution in [0.1, 0.15) is 29.6 Å². The van der Waals surface area contributed by atoms with E-state index in [2.05, 4.69) is 5.32 Å². The molecule has 3 rings (SSSR count). The normalized spacial score (nSPS) is 30.3. The number of carbonyl (C=O) groups excluding carboxylic acids is 1. The number of aromatic carboxylic acids is 1. The molecule has 1 aromatic carbocycles. The molecule has 0 heterocycles. The van der Waals surface area contributed by atoms with Gasteiger partial charge in [0.1, 0.15) is 11.3 Å². The van der Waals surface area contributed by atoms with Gasteiger partial charge < -0.3 is 21.3 Å². The maximum Gasteiger partial charge on any atom is 0.339 e. The third-order valence-electron chi connectivity index (χ3n) is 4.78. The maximum atomic E-state index is 12.4. The molecule has 6 nitrogen and oxygen atoms in total. The summed E-state index contributed by atoms with van der Waals surface area (Å²) in [6.07, 6.45) is 3.14. The maximum absolute atomic E-state index is 12.4. The van der Waals surface area contributed by atoms with Crippen molar-refractivity contribution in [2.45, 2.75) is 25.3 Å². The first-order chi connectivity index (χ1) is 9.97. The Hall–Kier alpha value is -2.08. The largest absolute Gasteiger partial charge is 0.507 e. The number of nitrogens with one attached hydrogen (secondary N) is 1. The molecular weight excluding hydrogens is 272 g/mol. The predicted octanol–water partition coefficient (Wildman–Crippen LogP) is 1.40. The zero-order valence-electron chi connectivity index (χ0n) is 11.5. The van der Waals surface area contributed by atoms with Crippen molar-refractivity contribution in [3.05, 3.63) is 23.8 Å². The van der Waals surface area contributed by atoms with E-state index in [1.165, 1.54) is 18.2 Å². The third-order valence-corrected chi connectivity index (χ3v) is 4.78. The third kappa shape index (κ3) is 2.35. The number of fused-ring (bicyclic) bond motifs is 2. The van der Waals surface area contributed by atoms with Gasteiger partial charge in [0.15, 0.2) is 0 Å². The van der Waals surface area contributed by atoms with Crippen molar-refractivity contribution >= 4 is 17.6 Å². The summed E-state index contributed by atoms with van der Waals surface area (Å²) in [7, 11) is 0. The van der Waals surface area contributed by atoms with E-state index in [0.29, 0.717) is 17.5 Å². The van der Waals surface area contributed by atoms with E-state index in [0.717, 1.165) is 19.3 Å². The molecule has 2 fully saturated rings. The van der Waals surface area contributed by atoms with Gasteiger partial charge in [-0.3, -0.25) is 4.79 Å². The highest BCUT2D eigenvalue weighted by atomic mass is 16.4. The second-order valence-electron chi connectivity index (χ2n) is 5.96. The van der Waals surface area contributed by atoms with Crippen molar-refractivity contribution in [1.29, 1.82) is 0 Å². The molecule has 5 N–H and O–H groups in total. The number of carboxylic acid groups (broad SMARTS) is 1. The predicted molar refractivity (Wildman–Crippen MR) is 76.0 cm³/mol. The molecule has 4 unspecified atom stereocenters. The van der Waals surface area contributed by atoms with Gasteiger partial charge in [0.2, 0.25) is 5.91 Å². The van der Waals surface area contributed by atoms with Crippen LogP contribution in [0.5, 0.6) is 5.75 Å². The number of anilines is 1. The Morgan fingerprint density at radius 2 is 1.95 bits per heavy atom. The van der Waals surface area contributed by atoms with Crippen LogP contribution in [0, 0.1) is 17.8 Å². The summed E-state index contributed by atoms with van der Waals surface area (Å²) < 4.78 is 0. The Bertz CT molecular complexity index is 599. The van der Waals surface area contributed by atoms with Crippen LogP contribution < -0.4 is 11.1 Å². The molecule has 2 saturated carbocycles. The van der Waals surface area contributed by atoms with Crippen molar-refractivity contribution in [3.63, 3.8) is 0 Å². The molecule has 1 amide bonds. The molecule has 4 atom stereocenters. The van der Waals surface area contributed by atoms with Gasteiger partial charge in [-0.05, 0) is 49.3 Å². The molecule has 0 aliphatic heterocycles. The molecule has 2 bridgehead atoms. The number of hydrogen-bond acceptors (Lipinski definition) is 4. The standard InChI is InChI=1S/C15H18N2O4/c16-13-8-2-1-7(5-8)12(13)14(19)17-9-3-4-11(18)10(6-9)15(20)21/h3-4,6-8,12-13,18H,1-2,5,16H2,(H,17,19)(H,20,21). The fraction of sp³-hybridized carbons (Fsp3) is 0.467. The van der Waals surface area contributed by atoms with Crippen molar-refractivity contribution in [2.24, 2.45) is 23.5 Å². The van der Waals surface area contributed by atoms with Crippen molar-refractivity contribution in [1.82, 2.24) is 0 Å². The number of carbonyl (C=O) groups is 2. The van der Waals surface area contributed by atoms with E-state index in [1.807, 2.05) is 0 Å². The summed E-state index contributed by atoms with van der Waals surface area (Å²) in [5.74, 6) is -1.15. The lowest BCUT2D eigenvalue weighted by atomic mass is 9.84. The minimum Gasteiger partial charge on any atom is -0.507 e. The molecule has 0 radical (unpaired) electrons. The molecule has 2 aliphatic rings. The minimum absolute atomic E-state index is 0.111. The highest BCUT2D eigenvalue weighted by Gasteiger charge is 2.49. The minimum atomic E-state index is -1.24. The van der Waals surface area contributed by atoms with Crippen LogP contribution in [0.3, 0.4) is 0 Å². The van der Waals surface area contributed by atoms with E-state index in [-0.39, 0.29) is 29.2 Å². The Labute approximate surface area is 122 Å². The molecular formula is C15H18N2O4. The first-order valence-electron chi connectivity index (χ1n) is 7.10. The van der Waals surface area contributed by atoms with Crippen LogP contribution in [-0.2, 0) is 4.79 Å². The lowest BCUT2D eigenvalue weighted by Gasteiger charge is -2.27. The summed E-state index contributed by atoms with van der Waals surface area (Å²) in [6, 6.07) is 3.90. The number of phenols is 1. The number of carboxylic acids is 1. The fourth-order valence-electron chi connectivity index (χ4n) is 3.74. The number of hydrogen-bond donors (Lipinski definition) is 4. The number of amides is 1. The topological polar surface area (TPSA) is 113 Å². The quantitative estimate of drug-likeness (QED) is 0.629. The van der Waals surface area contributed by atoms with E-state index >= 15 is 0 Å². The summed E-state index contributed by atoms with van der Waals surface area (Å²) >= 11 is 0. The van der Waals surface area contributed by atoms with Crippen molar-refractivity contribution in [3.8, 4) is 5.75 Å². The number of rotatable bonds is 3. The highest BCUT2D eigenvalue weighted by molar-refractivity contribution is 5.97. The molecule has 112 valence electrons. The van der Waals surface area contributed by atoms with Gasteiger partial charge in [0, 0.05) is 11.7 Å². The van der Waals surface area contributed by atoms with Crippen molar-refractivity contribution in [2.75, 3.05) is 5.32 Å². The van der Waals surface area contributed by atoms with Gasteiger partial charge in [-0.25, -0.2) is 4.79 Å². The van der Waals surface area contributed by atoms with Gasteiger partial charge in [0.05, 0.1) is 5.92 Å². The van der Waals surface area contributed by atoms with Crippen molar-refractivity contribution < 1.29 is 19.8 Å². The summed E-state index contributed by atoms with van der Waals surface area (Å²) in [5.41, 5.74) is 6.26. The summed E-state index contributed by atoms with van der Waals surface area (Å²) in [6.45, 7) is 0. The fourth-order valence-corrected chi connectivity index (χ4v) is 3.74. The van der Waals surface area contributed by atoms with Crippen LogP contribution in [-0.4, -0.2) is 28.1 Å². The monoisotopic (exact) mass is 290 g/mol. The lowest BCUT2D eigenvalue weighted by Crippen LogP contribution is -2.42. The molecule has 1 aromatic rings. The van der Waals surface area contributed by atoms with Gasteiger partial charge in [-0.1, -0.05) is 0 Å². The van der Waals surface area contributed by atoms with Gasteiger partial charge in [0.25, 0.3) is 0 Å². The van der Waals surface area contributed by atoms with E-state index in [9.17, 15) is 14.7 Å².